The summed E-state index contributed by atoms with van der Waals surface area (Å²) in [5.74, 6) is 0.576. The molecule has 0 fully saturated rings. The summed E-state index contributed by atoms with van der Waals surface area (Å²) in [4.78, 5) is 11.8. The van der Waals surface area contributed by atoms with Crippen LogP contribution in [0.25, 0.3) is 0 Å². The van der Waals surface area contributed by atoms with E-state index in [1.807, 2.05) is 30.3 Å². The first kappa shape index (κ1) is 19.2. The molecule has 0 unspecified atom stereocenters. The van der Waals surface area contributed by atoms with Gasteiger partial charge in [-0.05, 0) is 24.1 Å². The third-order valence-electron chi connectivity index (χ3n) is 3.92. The van der Waals surface area contributed by atoms with Crippen LogP contribution >= 0.6 is 0 Å². The van der Waals surface area contributed by atoms with Crippen molar-refractivity contribution >= 4 is 16.0 Å². The van der Waals surface area contributed by atoms with Crippen LogP contribution in [0.15, 0.2) is 53.4 Å². The maximum absolute atomic E-state index is 12.3. The minimum atomic E-state index is -3.68. The molecule has 7 nitrogen and oxygen atoms in total. The number of carbonyl (C=O) groups is 1. The molecule has 1 aliphatic rings. The Morgan fingerprint density at radius 1 is 1.04 bits per heavy atom. The Labute approximate surface area is 158 Å². The second-order valence-electron chi connectivity index (χ2n) is 5.95. The lowest BCUT2D eigenvalue weighted by atomic mass is 10.2. The molecule has 2 aromatic carbocycles. The van der Waals surface area contributed by atoms with Crippen LogP contribution in [-0.2, 0) is 26.2 Å². The first-order valence-electron chi connectivity index (χ1n) is 8.63. The topological polar surface area (TPSA) is 90.9 Å². The minimum absolute atomic E-state index is 0.0957. The fourth-order valence-corrected chi connectivity index (χ4v) is 3.61. The minimum Gasteiger partial charge on any atom is -0.486 e. The quantitative estimate of drug-likeness (QED) is 0.548. The van der Waals surface area contributed by atoms with Gasteiger partial charge in [-0.15, -0.1) is 0 Å². The summed E-state index contributed by atoms with van der Waals surface area (Å²) in [6.45, 7) is 1.17. The monoisotopic (exact) mass is 391 g/mol. The number of esters is 1. The Kier molecular flexibility index (Phi) is 6.31. The molecule has 0 saturated heterocycles. The highest BCUT2D eigenvalue weighted by Crippen LogP contribution is 2.32. The molecule has 144 valence electrons. The normalized spacial score (nSPS) is 13.2. The molecule has 1 aliphatic heterocycles. The number of hydrogen-bond donors (Lipinski definition) is 1. The van der Waals surface area contributed by atoms with Crippen LogP contribution in [0.2, 0.25) is 0 Å². The molecule has 0 amide bonds. The molecule has 0 atom stereocenters. The van der Waals surface area contributed by atoms with Gasteiger partial charge in [-0.1, -0.05) is 30.3 Å². The molecule has 27 heavy (non-hydrogen) atoms. The second kappa shape index (κ2) is 8.88. The zero-order chi connectivity index (χ0) is 19.1. The van der Waals surface area contributed by atoms with Crippen molar-refractivity contribution in [3.8, 4) is 11.5 Å². The van der Waals surface area contributed by atoms with Gasteiger partial charge in [0.2, 0.25) is 10.0 Å². The van der Waals surface area contributed by atoms with E-state index in [0.717, 1.165) is 5.56 Å². The third kappa shape index (κ3) is 5.45. The third-order valence-corrected chi connectivity index (χ3v) is 5.38. The summed E-state index contributed by atoms with van der Waals surface area (Å²) >= 11 is 0. The van der Waals surface area contributed by atoms with Crippen LogP contribution in [0, 0.1) is 0 Å². The van der Waals surface area contributed by atoms with Gasteiger partial charge in [-0.2, -0.15) is 0 Å². The Hall–Kier alpha value is -2.58. The predicted octanol–water partition coefficient (Wildman–Crippen LogP) is 2.26. The van der Waals surface area contributed by atoms with Crippen LogP contribution in [0.3, 0.4) is 0 Å². The van der Waals surface area contributed by atoms with Gasteiger partial charge in [0.25, 0.3) is 0 Å². The molecule has 0 bridgehead atoms. The molecular weight excluding hydrogens is 370 g/mol. The van der Waals surface area contributed by atoms with Gasteiger partial charge in [0.15, 0.2) is 11.5 Å². The molecule has 2 aromatic rings. The van der Waals surface area contributed by atoms with Crippen molar-refractivity contribution in [2.75, 3.05) is 19.8 Å². The lowest BCUT2D eigenvalue weighted by Gasteiger charge is -2.18. The predicted molar refractivity (Wildman–Crippen MR) is 98.1 cm³/mol. The van der Waals surface area contributed by atoms with E-state index in [-0.39, 0.29) is 30.4 Å². The number of sulfonamides is 1. The van der Waals surface area contributed by atoms with Gasteiger partial charge < -0.3 is 14.2 Å². The smallest absolute Gasteiger partial charge is 0.306 e. The molecular formula is C19H21NO6S. The van der Waals surface area contributed by atoms with Crippen LogP contribution in [0.5, 0.6) is 11.5 Å². The van der Waals surface area contributed by atoms with Crippen LogP contribution in [-0.4, -0.2) is 34.1 Å². The van der Waals surface area contributed by atoms with E-state index in [2.05, 4.69) is 4.72 Å². The van der Waals surface area contributed by atoms with E-state index in [9.17, 15) is 13.2 Å². The van der Waals surface area contributed by atoms with Gasteiger partial charge >= 0.3 is 5.97 Å². The highest BCUT2D eigenvalue weighted by atomic mass is 32.2. The van der Waals surface area contributed by atoms with Crippen molar-refractivity contribution < 1.29 is 27.4 Å². The number of hydrogen-bond acceptors (Lipinski definition) is 6. The Bertz CT molecular complexity index is 882. The number of benzene rings is 2. The Balaban J connectivity index is 1.43. The molecule has 0 radical (unpaired) electrons. The van der Waals surface area contributed by atoms with Gasteiger partial charge in [-0.3, -0.25) is 4.79 Å². The lowest BCUT2D eigenvalue weighted by Crippen LogP contribution is -2.25. The summed E-state index contributed by atoms with van der Waals surface area (Å²) < 4.78 is 43.1. The van der Waals surface area contributed by atoms with Crippen molar-refractivity contribution in [2.24, 2.45) is 0 Å². The molecule has 1 heterocycles. The van der Waals surface area contributed by atoms with E-state index >= 15 is 0 Å². The number of nitrogens with one attached hydrogen (secondary N) is 1. The average Bonchev–Trinajstić information content (AvgIpc) is 2.70. The van der Waals surface area contributed by atoms with Crippen molar-refractivity contribution in [3.05, 3.63) is 54.1 Å². The van der Waals surface area contributed by atoms with Gasteiger partial charge in [0, 0.05) is 19.0 Å². The van der Waals surface area contributed by atoms with Crippen molar-refractivity contribution in [1.82, 2.24) is 4.72 Å². The fraction of sp³-hybridized carbons (Fsp3) is 0.316. The SMILES string of the molecule is O=C(CCCNS(=O)(=O)c1ccc2c(c1)OCCO2)OCc1ccccc1. The number of ether oxygens (including phenoxy) is 3. The summed E-state index contributed by atoms with van der Waals surface area (Å²) in [6, 6.07) is 13.8. The molecule has 1 N–H and O–H groups in total. The van der Waals surface area contributed by atoms with E-state index in [1.54, 1.807) is 6.07 Å². The van der Waals surface area contributed by atoms with Crippen LogP contribution in [0.1, 0.15) is 18.4 Å². The van der Waals surface area contributed by atoms with Crippen LogP contribution in [0.4, 0.5) is 0 Å². The van der Waals surface area contributed by atoms with Crippen molar-refractivity contribution in [2.45, 2.75) is 24.3 Å². The zero-order valence-corrected chi connectivity index (χ0v) is 15.5. The Morgan fingerprint density at radius 2 is 1.78 bits per heavy atom. The van der Waals surface area contributed by atoms with E-state index < -0.39 is 10.0 Å². The van der Waals surface area contributed by atoms with E-state index in [1.165, 1.54) is 12.1 Å². The van der Waals surface area contributed by atoms with Crippen molar-refractivity contribution in [1.29, 1.82) is 0 Å². The highest BCUT2D eigenvalue weighted by molar-refractivity contribution is 7.89. The molecule has 0 spiro atoms. The van der Waals surface area contributed by atoms with E-state index in [0.29, 0.717) is 31.1 Å². The summed E-state index contributed by atoms with van der Waals surface area (Å²) in [5, 5.41) is 0. The maximum atomic E-state index is 12.3. The van der Waals surface area contributed by atoms with Crippen LogP contribution < -0.4 is 14.2 Å². The molecule has 8 heteroatoms. The molecule has 0 saturated carbocycles. The number of rotatable bonds is 8. The maximum Gasteiger partial charge on any atom is 0.306 e. The number of fused-ring (bicyclic) bond motifs is 1. The average molecular weight is 391 g/mol. The number of carbonyl (C=O) groups excluding carboxylic acids is 1. The molecule has 3 rings (SSSR count). The summed E-state index contributed by atoms with van der Waals surface area (Å²) in [5.41, 5.74) is 0.908. The zero-order valence-electron chi connectivity index (χ0n) is 14.7. The molecule has 0 aliphatic carbocycles. The first-order valence-corrected chi connectivity index (χ1v) is 10.1. The van der Waals surface area contributed by atoms with Crippen molar-refractivity contribution in [3.63, 3.8) is 0 Å². The van der Waals surface area contributed by atoms with Gasteiger partial charge in [0.1, 0.15) is 19.8 Å². The largest absolute Gasteiger partial charge is 0.486 e. The second-order valence-corrected chi connectivity index (χ2v) is 7.72. The highest BCUT2D eigenvalue weighted by Gasteiger charge is 2.19. The lowest BCUT2D eigenvalue weighted by molar-refractivity contribution is -0.145. The standard InChI is InChI=1S/C19H21NO6S/c21-19(26-14-15-5-2-1-3-6-15)7-4-10-20-27(22,23)16-8-9-17-18(13-16)25-12-11-24-17/h1-3,5-6,8-9,13,20H,4,7,10-12,14H2. The Morgan fingerprint density at radius 3 is 2.56 bits per heavy atom. The summed E-state index contributed by atoms with van der Waals surface area (Å²) in [6.07, 6.45) is 0.480. The van der Waals surface area contributed by atoms with E-state index in [4.69, 9.17) is 14.2 Å². The van der Waals surface area contributed by atoms with Gasteiger partial charge in [-0.25, -0.2) is 13.1 Å². The summed E-state index contributed by atoms with van der Waals surface area (Å²) in [7, 11) is -3.68. The first-order chi connectivity index (χ1) is 13.0. The molecule has 0 aromatic heterocycles. The fourth-order valence-electron chi connectivity index (χ4n) is 2.52. The van der Waals surface area contributed by atoms with Gasteiger partial charge in [0.05, 0.1) is 4.90 Å².